The summed E-state index contributed by atoms with van der Waals surface area (Å²) in [6.45, 7) is -0.108. The molecule has 1 aromatic rings. The van der Waals surface area contributed by atoms with E-state index in [2.05, 4.69) is 18.1 Å². The fourth-order valence-electron chi connectivity index (χ4n) is 3.17. The molecular formula is C15H22N2O15P2-2. The van der Waals surface area contributed by atoms with E-state index >= 15 is 0 Å². The molecule has 0 amide bonds. The van der Waals surface area contributed by atoms with Gasteiger partial charge in [-0.15, -0.1) is 0 Å². The summed E-state index contributed by atoms with van der Waals surface area (Å²) in [5, 5.41) is 38.6. The summed E-state index contributed by atoms with van der Waals surface area (Å²) in [5.74, 6) is 0. The van der Waals surface area contributed by atoms with E-state index in [0.29, 0.717) is 0 Å². The van der Waals surface area contributed by atoms with Crippen molar-refractivity contribution in [2.75, 3.05) is 13.2 Å². The van der Waals surface area contributed by atoms with Crippen LogP contribution in [0, 0.1) is 6.92 Å². The van der Waals surface area contributed by atoms with E-state index in [1.807, 2.05) is 4.98 Å². The topological polar surface area (TPSA) is 262 Å². The second-order valence-electron chi connectivity index (χ2n) is 7.54. The Kier molecular flexibility index (Phi) is 8.32. The monoisotopic (exact) mass is 532 g/mol. The van der Waals surface area contributed by atoms with Crippen LogP contribution in [-0.4, -0.2) is 80.0 Å². The standard InChI is InChI=1S/C15H24N2O15P2/c1-6-3-17(15(23)16-13(6)22)10-2-7(18)9(30-10)5-29-33(24,25)32-34(26,27)31-14-12(21)11(20)8(19)4-28-14/h3,7-12,14,18-21H,2,4-5H2,1H3,(H,24,25)(H,26,27)(H,16,22,23)/p-2/t7-,8+,9+,10+,11-,12+,14+/m0/s1. The van der Waals surface area contributed by atoms with Gasteiger partial charge in [0.15, 0.2) is 6.29 Å². The Bertz CT molecular complexity index is 1090. The molecule has 0 bridgehead atoms. The Morgan fingerprint density at radius 3 is 2.50 bits per heavy atom. The van der Waals surface area contributed by atoms with Crippen LogP contribution < -0.4 is 21.0 Å². The van der Waals surface area contributed by atoms with E-state index in [4.69, 9.17) is 4.74 Å². The highest BCUT2D eigenvalue weighted by Gasteiger charge is 2.41. The lowest BCUT2D eigenvalue weighted by Gasteiger charge is -2.38. The molecule has 2 fully saturated rings. The van der Waals surface area contributed by atoms with Gasteiger partial charge in [-0.25, -0.2) is 9.11 Å². The van der Waals surface area contributed by atoms with Gasteiger partial charge in [0.05, 0.1) is 19.3 Å². The number of aryl methyl sites for hydroxylation is 1. The van der Waals surface area contributed by atoms with Gasteiger partial charge in [0.25, 0.3) is 21.2 Å². The first-order chi connectivity index (χ1) is 15.7. The Morgan fingerprint density at radius 1 is 1.15 bits per heavy atom. The summed E-state index contributed by atoms with van der Waals surface area (Å²) in [4.78, 5) is 49.3. The van der Waals surface area contributed by atoms with Gasteiger partial charge in [0.1, 0.15) is 30.6 Å². The van der Waals surface area contributed by atoms with Crippen molar-refractivity contribution in [3.63, 3.8) is 0 Å². The quantitative estimate of drug-likeness (QED) is 0.199. The SMILES string of the molecule is Cc1cn([C@H]2C[C@H](O)[C@@H](COP(=O)([O-])OP(=O)([O-])O[C@H]3OC[C@@H](O)[C@H](O)[C@H]3O)O2)c(=O)[nH]c1=O. The van der Waals surface area contributed by atoms with Crippen LogP contribution in [0.4, 0.5) is 0 Å². The average molecular weight is 532 g/mol. The van der Waals surface area contributed by atoms with Gasteiger partial charge in [0, 0.05) is 18.2 Å². The summed E-state index contributed by atoms with van der Waals surface area (Å²) in [6, 6.07) is 0. The van der Waals surface area contributed by atoms with Crippen LogP contribution in [0.2, 0.25) is 0 Å². The molecule has 3 heterocycles. The molecule has 0 aromatic carbocycles. The number of ether oxygens (including phenoxy) is 2. The van der Waals surface area contributed by atoms with Crippen molar-refractivity contribution in [3.8, 4) is 0 Å². The lowest BCUT2D eigenvalue weighted by molar-refractivity contribution is -0.285. The average Bonchev–Trinajstić information content (AvgIpc) is 3.09. The number of aromatic nitrogens is 2. The third kappa shape index (κ3) is 6.47. The zero-order valence-corrected chi connectivity index (χ0v) is 19.2. The third-order valence-electron chi connectivity index (χ3n) is 4.94. The second kappa shape index (κ2) is 10.4. The number of nitrogens with one attached hydrogen (secondary N) is 1. The number of hydrogen-bond acceptors (Lipinski definition) is 15. The van der Waals surface area contributed by atoms with Crippen LogP contribution in [0.1, 0.15) is 18.2 Å². The molecule has 2 aliphatic rings. The number of aliphatic hydroxyl groups is 4. The number of rotatable bonds is 8. The zero-order chi connectivity index (χ0) is 25.4. The highest BCUT2D eigenvalue weighted by Crippen LogP contribution is 2.56. The lowest BCUT2D eigenvalue weighted by Crippen LogP contribution is -2.53. The van der Waals surface area contributed by atoms with Crippen molar-refractivity contribution in [2.45, 2.75) is 56.4 Å². The molecule has 1 aromatic heterocycles. The van der Waals surface area contributed by atoms with Crippen molar-refractivity contribution >= 4 is 15.6 Å². The summed E-state index contributed by atoms with van der Waals surface area (Å²) < 4.78 is 47.5. The van der Waals surface area contributed by atoms with Crippen LogP contribution in [0.3, 0.4) is 0 Å². The molecule has 0 spiro atoms. The lowest BCUT2D eigenvalue weighted by atomic mass is 10.1. The molecule has 194 valence electrons. The van der Waals surface area contributed by atoms with E-state index in [1.54, 1.807) is 0 Å². The van der Waals surface area contributed by atoms with E-state index in [1.165, 1.54) is 13.1 Å². The predicted molar refractivity (Wildman–Crippen MR) is 102 cm³/mol. The van der Waals surface area contributed by atoms with Crippen LogP contribution >= 0.6 is 15.6 Å². The van der Waals surface area contributed by atoms with Gasteiger partial charge in [-0.3, -0.25) is 28.0 Å². The molecule has 2 unspecified atom stereocenters. The smallest absolute Gasteiger partial charge is 0.330 e. The Hall–Kier alpha value is -1.30. The van der Waals surface area contributed by atoms with E-state index < -0.39 is 83.1 Å². The Morgan fingerprint density at radius 2 is 1.82 bits per heavy atom. The first kappa shape index (κ1) is 27.3. The Labute approximate surface area is 190 Å². The van der Waals surface area contributed by atoms with Crippen molar-refractivity contribution in [1.29, 1.82) is 0 Å². The van der Waals surface area contributed by atoms with Crippen LogP contribution in [0.25, 0.3) is 0 Å². The minimum absolute atomic E-state index is 0.176. The first-order valence-electron chi connectivity index (χ1n) is 9.67. The minimum Gasteiger partial charge on any atom is -0.756 e. The molecule has 2 aliphatic heterocycles. The normalized spacial score (nSPS) is 35.6. The third-order valence-corrected chi connectivity index (χ3v) is 7.48. The molecule has 0 radical (unpaired) electrons. The molecule has 5 N–H and O–H groups in total. The fraction of sp³-hybridized carbons (Fsp3) is 0.733. The van der Waals surface area contributed by atoms with E-state index in [0.717, 1.165) is 4.57 Å². The molecule has 2 saturated heterocycles. The molecule has 34 heavy (non-hydrogen) atoms. The molecule has 19 heteroatoms. The van der Waals surface area contributed by atoms with Gasteiger partial charge >= 0.3 is 5.69 Å². The molecule has 0 saturated carbocycles. The van der Waals surface area contributed by atoms with Gasteiger partial charge in [-0.05, 0) is 6.92 Å². The number of aromatic amines is 1. The predicted octanol–water partition coefficient (Wildman–Crippen LogP) is -4.08. The fourth-order valence-corrected chi connectivity index (χ4v) is 5.26. The maximum Gasteiger partial charge on any atom is 0.330 e. The number of phosphoric acid groups is 2. The number of H-pyrrole nitrogens is 1. The minimum atomic E-state index is -5.73. The highest BCUT2D eigenvalue weighted by atomic mass is 31.3. The van der Waals surface area contributed by atoms with Crippen molar-refractivity contribution in [3.05, 3.63) is 32.6 Å². The molecule has 3 rings (SSSR count). The van der Waals surface area contributed by atoms with Gasteiger partial charge in [-0.2, -0.15) is 0 Å². The number of aliphatic hydroxyl groups excluding tert-OH is 4. The number of phosphoric ester groups is 2. The summed E-state index contributed by atoms with van der Waals surface area (Å²) in [5.41, 5.74) is -1.28. The van der Waals surface area contributed by atoms with Crippen molar-refractivity contribution in [2.24, 2.45) is 0 Å². The first-order valence-corrected chi connectivity index (χ1v) is 12.6. The Balaban J connectivity index is 1.57. The van der Waals surface area contributed by atoms with Gasteiger partial charge < -0.3 is 44.2 Å². The molecular weight excluding hydrogens is 510 g/mol. The van der Waals surface area contributed by atoms with E-state index in [9.17, 15) is 48.9 Å². The molecule has 9 atom stereocenters. The maximum absolute atomic E-state index is 12.0. The largest absolute Gasteiger partial charge is 0.756 e. The van der Waals surface area contributed by atoms with Gasteiger partial charge in [-0.1, -0.05) is 0 Å². The van der Waals surface area contributed by atoms with Crippen LogP contribution in [0.15, 0.2) is 15.8 Å². The summed E-state index contributed by atoms with van der Waals surface area (Å²) >= 11 is 0. The highest BCUT2D eigenvalue weighted by molar-refractivity contribution is 7.59. The number of hydrogen-bond donors (Lipinski definition) is 5. The van der Waals surface area contributed by atoms with Crippen molar-refractivity contribution < 1.29 is 62.2 Å². The maximum atomic E-state index is 12.0. The molecule has 17 nitrogen and oxygen atoms in total. The van der Waals surface area contributed by atoms with Gasteiger partial charge in [0.2, 0.25) is 0 Å². The van der Waals surface area contributed by atoms with E-state index in [-0.39, 0.29) is 12.0 Å². The number of nitrogens with zero attached hydrogens (tertiary/aromatic N) is 1. The molecule has 0 aliphatic carbocycles. The second-order valence-corrected chi connectivity index (χ2v) is 10.4. The van der Waals surface area contributed by atoms with Crippen LogP contribution in [0.5, 0.6) is 0 Å². The summed E-state index contributed by atoms with van der Waals surface area (Å²) in [6.07, 6.45) is -10.2. The van der Waals surface area contributed by atoms with Crippen molar-refractivity contribution in [1.82, 2.24) is 9.55 Å². The zero-order valence-electron chi connectivity index (χ0n) is 17.4. The van der Waals surface area contributed by atoms with Crippen LogP contribution in [-0.2, 0) is 32.0 Å². The summed E-state index contributed by atoms with van der Waals surface area (Å²) in [7, 11) is -11.4.